The second-order valence-electron chi connectivity index (χ2n) is 5.64. The lowest BCUT2D eigenvalue weighted by atomic mass is 9.98. The summed E-state index contributed by atoms with van der Waals surface area (Å²) in [5.74, 6) is -1.45. The number of anilines is 1. The van der Waals surface area contributed by atoms with Gasteiger partial charge in [0.25, 0.3) is 0 Å². The molecule has 1 aliphatic heterocycles. The van der Waals surface area contributed by atoms with Crippen molar-refractivity contribution in [2.45, 2.75) is 19.0 Å². The zero-order valence-electron chi connectivity index (χ0n) is 12.3. The van der Waals surface area contributed by atoms with Crippen LogP contribution in [0.1, 0.15) is 12.8 Å². The fourth-order valence-corrected chi connectivity index (χ4v) is 2.83. The van der Waals surface area contributed by atoms with Crippen molar-refractivity contribution in [3.05, 3.63) is 36.5 Å². The highest BCUT2D eigenvalue weighted by atomic mass is 19.4. The number of hydrogen-bond donors (Lipinski definition) is 1. The van der Waals surface area contributed by atoms with Gasteiger partial charge in [-0.25, -0.2) is 4.79 Å². The molecule has 2 aromatic rings. The van der Waals surface area contributed by atoms with Crippen molar-refractivity contribution in [1.29, 1.82) is 0 Å². The summed E-state index contributed by atoms with van der Waals surface area (Å²) in [6.45, 7) is 0.0319. The van der Waals surface area contributed by atoms with E-state index in [0.717, 1.165) is 5.39 Å². The fourth-order valence-electron chi connectivity index (χ4n) is 2.83. The number of urea groups is 1. The molecule has 7 heteroatoms. The highest BCUT2D eigenvalue weighted by molar-refractivity contribution is 5.99. The van der Waals surface area contributed by atoms with Crippen molar-refractivity contribution >= 4 is 22.6 Å². The predicted octanol–water partition coefficient (Wildman–Crippen LogP) is 4.04. The first-order valence-corrected chi connectivity index (χ1v) is 7.41. The average Bonchev–Trinajstić information content (AvgIpc) is 2.54. The molecule has 0 aliphatic carbocycles. The largest absolute Gasteiger partial charge is 0.393 e. The number of carbonyl (C=O) groups is 1. The standard InChI is InChI=1S/C16H16F3N3O/c17-16(18,19)12-6-3-9-22(10-12)15(23)21-13-7-1-4-11-5-2-8-20-14(11)13/h1-2,4-5,7-8,12H,3,6,9-10H2,(H,21,23)/t12-/m1/s1. The molecule has 0 unspecified atom stereocenters. The number of likely N-dealkylation sites (tertiary alicyclic amines) is 1. The number of alkyl halides is 3. The van der Waals surface area contributed by atoms with Crippen LogP contribution < -0.4 is 5.32 Å². The molecule has 122 valence electrons. The predicted molar refractivity (Wildman–Crippen MR) is 81.1 cm³/mol. The number of hydrogen-bond acceptors (Lipinski definition) is 2. The Morgan fingerprint density at radius 3 is 2.83 bits per heavy atom. The summed E-state index contributed by atoms with van der Waals surface area (Å²) >= 11 is 0. The van der Waals surface area contributed by atoms with E-state index in [1.165, 1.54) is 4.90 Å². The van der Waals surface area contributed by atoms with Gasteiger partial charge >= 0.3 is 12.2 Å². The van der Waals surface area contributed by atoms with E-state index in [0.29, 0.717) is 24.2 Å². The second kappa shape index (κ2) is 6.06. The number of halogens is 3. The number of nitrogens with one attached hydrogen (secondary N) is 1. The van der Waals surface area contributed by atoms with Gasteiger partial charge in [0.2, 0.25) is 0 Å². The summed E-state index contributed by atoms with van der Waals surface area (Å²) < 4.78 is 38.5. The molecule has 1 aromatic carbocycles. The van der Waals surface area contributed by atoms with Crippen LogP contribution >= 0.6 is 0 Å². The summed E-state index contributed by atoms with van der Waals surface area (Å²) in [5.41, 5.74) is 1.12. The van der Waals surface area contributed by atoms with Gasteiger partial charge in [0.15, 0.2) is 0 Å². The number of nitrogens with zero attached hydrogens (tertiary/aromatic N) is 2. The topological polar surface area (TPSA) is 45.2 Å². The maximum atomic E-state index is 12.8. The quantitative estimate of drug-likeness (QED) is 0.861. The van der Waals surface area contributed by atoms with E-state index in [-0.39, 0.29) is 13.0 Å². The third-order valence-corrected chi connectivity index (χ3v) is 4.05. The van der Waals surface area contributed by atoms with Crippen molar-refractivity contribution in [2.75, 3.05) is 18.4 Å². The van der Waals surface area contributed by atoms with Gasteiger partial charge in [0.1, 0.15) is 0 Å². The smallest absolute Gasteiger partial charge is 0.324 e. The zero-order valence-corrected chi connectivity index (χ0v) is 12.3. The Balaban J connectivity index is 1.76. The lowest BCUT2D eigenvalue weighted by Crippen LogP contribution is -2.46. The van der Waals surface area contributed by atoms with E-state index < -0.39 is 18.1 Å². The van der Waals surface area contributed by atoms with E-state index in [1.54, 1.807) is 24.4 Å². The van der Waals surface area contributed by atoms with Gasteiger partial charge in [-0.1, -0.05) is 18.2 Å². The molecular weight excluding hydrogens is 307 g/mol. The third-order valence-electron chi connectivity index (χ3n) is 4.05. The summed E-state index contributed by atoms with van der Waals surface area (Å²) in [7, 11) is 0. The summed E-state index contributed by atoms with van der Waals surface area (Å²) in [5, 5.41) is 3.54. The van der Waals surface area contributed by atoms with E-state index in [1.807, 2.05) is 12.1 Å². The van der Waals surface area contributed by atoms with Crippen molar-refractivity contribution < 1.29 is 18.0 Å². The molecule has 0 radical (unpaired) electrons. The van der Waals surface area contributed by atoms with Gasteiger partial charge in [0.05, 0.1) is 17.1 Å². The molecule has 1 atom stereocenters. The third kappa shape index (κ3) is 3.38. The number of aromatic nitrogens is 1. The molecule has 2 amide bonds. The number of rotatable bonds is 1. The van der Waals surface area contributed by atoms with E-state index in [9.17, 15) is 18.0 Å². The minimum Gasteiger partial charge on any atom is -0.324 e. The lowest BCUT2D eigenvalue weighted by Gasteiger charge is -2.33. The monoisotopic (exact) mass is 323 g/mol. The van der Waals surface area contributed by atoms with Crippen molar-refractivity contribution in [3.8, 4) is 0 Å². The Morgan fingerprint density at radius 1 is 1.26 bits per heavy atom. The molecular formula is C16H16F3N3O. The summed E-state index contributed by atoms with van der Waals surface area (Å²) in [6, 6.07) is 8.45. The van der Waals surface area contributed by atoms with Crippen molar-refractivity contribution in [3.63, 3.8) is 0 Å². The maximum Gasteiger partial charge on any atom is 0.393 e. The lowest BCUT2D eigenvalue weighted by molar-refractivity contribution is -0.183. The molecule has 1 fully saturated rings. The first kappa shape index (κ1) is 15.6. The number of piperidine rings is 1. The van der Waals surface area contributed by atoms with Gasteiger partial charge in [-0.15, -0.1) is 0 Å². The Kier molecular flexibility index (Phi) is 4.11. The van der Waals surface area contributed by atoms with Crippen LogP contribution in [0.3, 0.4) is 0 Å². The van der Waals surface area contributed by atoms with Crippen LogP contribution in [0.15, 0.2) is 36.5 Å². The SMILES string of the molecule is O=C(Nc1cccc2cccnc12)N1CCC[C@@H](C(F)(F)F)C1. The Bertz CT molecular complexity index is 712. The van der Waals surface area contributed by atoms with Crippen LogP contribution in [0.2, 0.25) is 0 Å². The molecule has 1 aromatic heterocycles. The number of para-hydroxylation sites is 1. The van der Waals surface area contributed by atoms with Crippen LogP contribution in [0.5, 0.6) is 0 Å². The Labute approximate surface area is 131 Å². The molecule has 2 heterocycles. The molecule has 23 heavy (non-hydrogen) atoms. The highest BCUT2D eigenvalue weighted by Crippen LogP contribution is 2.33. The second-order valence-corrected chi connectivity index (χ2v) is 5.64. The van der Waals surface area contributed by atoms with Gasteiger partial charge in [-0.05, 0) is 25.0 Å². The minimum atomic E-state index is -4.26. The van der Waals surface area contributed by atoms with E-state index in [2.05, 4.69) is 10.3 Å². The van der Waals surface area contributed by atoms with Crippen LogP contribution in [0.4, 0.5) is 23.7 Å². The van der Waals surface area contributed by atoms with Gasteiger partial charge in [0, 0.05) is 24.7 Å². The Hall–Kier alpha value is -2.31. The number of pyridine rings is 1. The molecule has 0 spiro atoms. The fraction of sp³-hybridized carbons (Fsp3) is 0.375. The Morgan fingerprint density at radius 2 is 2.04 bits per heavy atom. The molecule has 1 saturated heterocycles. The van der Waals surface area contributed by atoms with Crippen LogP contribution in [0, 0.1) is 5.92 Å². The normalized spacial score (nSPS) is 18.9. The molecule has 0 saturated carbocycles. The summed E-state index contributed by atoms with van der Waals surface area (Å²) in [4.78, 5) is 17.7. The highest BCUT2D eigenvalue weighted by Gasteiger charge is 2.42. The number of carbonyl (C=O) groups excluding carboxylic acids is 1. The van der Waals surface area contributed by atoms with Crippen LogP contribution in [-0.4, -0.2) is 35.2 Å². The van der Waals surface area contributed by atoms with Crippen molar-refractivity contribution in [1.82, 2.24) is 9.88 Å². The number of fused-ring (bicyclic) bond motifs is 1. The van der Waals surface area contributed by atoms with Gasteiger partial charge < -0.3 is 10.2 Å². The van der Waals surface area contributed by atoms with Crippen molar-refractivity contribution in [2.24, 2.45) is 5.92 Å². The first-order chi connectivity index (χ1) is 10.9. The van der Waals surface area contributed by atoms with Crippen LogP contribution in [0.25, 0.3) is 10.9 Å². The van der Waals surface area contributed by atoms with E-state index >= 15 is 0 Å². The van der Waals surface area contributed by atoms with E-state index in [4.69, 9.17) is 0 Å². The minimum absolute atomic E-state index is 0.0725. The molecule has 3 rings (SSSR count). The number of amides is 2. The first-order valence-electron chi connectivity index (χ1n) is 7.41. The number of benzene rings is 1. The average molecular weight is 323 g/mol. The molecule has 4 nitrogen and oxygen atoms in total. The van der Waals surface area contributed by atoms with Crippen LogP contribution in [-0.2, 0) is 0 Å². The summed E-state index contributed by atoms with van der Waals surface area (Å²) in [6.07, 6.45) is -2.23. The molecule has 1 N–H and O–H groups in total. The zero-order chi connectivity index (χ0) is 16.4. The maximum absolute atomic E-state index is 12.8. The molecule has 0 bridgehead atoms. The van der Waals surface area contributed by atoms with Gasteiger partial charge in [-0.2, -0.15) is 13.2 Å². The molecule has 1 aliphatic rings. The van der Waals surface area contributed by atoms with Gasteiger partial charge in [-0.3, -0.25) is 4.98 Å².